The highest BCUT2D eigenvalue weighted by Crippen LogP contribution is 2.16. The monoisotopic (exact) mass is 359 g/mol. The van der Waals surface area contributed by atoms with Gasteiger partial charge in [-0.15, -0.1) is 0 Å². The molecule has 2 nitrogen and oxygen atoms in total. The molecular formula is C24H41NO. The van der Waals surface area contributed by atoms with E-state index in [-0.39, 0.29) is 5.91 Å². The SMILES string of the molecule is CCCCCCCCCCCCCCCC(=O)N(CC)c1ccccc1. The van der Waals surface area contributed by atoms with Crippen LogP contribution in [0.15, 0.2) is 30.3 Å². The molecule has 1 rings (SSSR count). The van der Waals surface area contributed by atoms with Crippen molar-refractivity contribution in [3.63, 3.8) is 0 Å². The van der Waals surface area contributed by atoms with Crippen LogP contribution in [-0.2, 0) is 4.79 Å². The fourth-order valence-corrected chi connectivity index (χ4v) is 3.54. The van der Waals surface area contributed by atoms with E-state index < -0.39 is 0 Å². The zero-order valence-electron chi connectivity index (χ0n) is 17.3. The lowest BCUT2D eigenvalue weighted by atomic mass is 10.0. The molecule has 0 atom stereocenters. The molecule has 0 radical (unpaired) electrons. The quantitative estimate of drug-likeness (QED) is 0.279. The van der Waals surface area contributed by atoms with Gasteiger partial charge in [0.1, 0.15) is 0 Å². The number of hydrogen-bond acceptors (Lipinski definition) is 1. The van der Waals surface area contributed by atoms with Crippen molar-refractivity contribution in [1.29, 1.82) is 0 Å². The second-order valence-electron chi connectivity index (χ2n) is 7.47. The van der Waals surface area contributed by atoms with Gasteiger partial charge in [0, 0.05) is 18.7 Å². The van der Waals surface area contributed by atoms with E-state index in [2.05, 4.69) is 13.8 Å². The van der Waals surface area contributed by atoms with Crippen molar-refractivity contribution in [2.45, 2.75) is 104 Å². The average Bonchev–Trinajstić information content (AvgIpc) is 2.67. The van der Waals surface area contributed by atoms with Crippen molar-refractivity contribution in [1.82, 2.24) is 0 Å². The molecule has 0 unspecified atom stereocenters. The number of benzene rings is 1. The summed E-state index contributed by atoms with van der Waals surface area (Å²) in [4.78, 5) is 14.3. The van der Waals surface area contributed by atoms with Crippen LogP contribution in [0.3, 0.4) is 0 Å². The van der Waals surface area contributed by atoms with E-state index in [4.69, 9.17) is 0 Å². The zero-order valence-corrected chi connectivity index (χ0v) is 17.3. The molecule has 0 bridgehead atoms. The van der Waals surface area contributed by atoms with Crippen molar-refractivity contribution in [2.75, 3.05) is 11.4 Å². The van der Waals surface area contributed by atoms with Crippen LogP contribution in [0.25, 0.3) is 0 Å². The number of anilines is 1. The Labute approximate surface area is 162 Å². The maximum absolute atomic E-state index is 12.4. The number of nitrogens with zero attached hydrogens (tertiary/aromatic N) is 1. The van der Waals surface area contributed by atoms with Crippen LogP contribution in [-0.4, -0.2) is 12.5 Å². The average molecular weight is 360 g/mol. The lowest BCUT2D eigenvalue weighted by molar-refractivity contribution is -0.118. The molecular weight excluding hydrogens is 318 g/mol. The Hall–Kier alpha value is -1.31. The Kier molecular flexibility index (Phi) is 13.9. The molecule has 1 amide bonds. The largest absolute Gasteiger partial charge is 0.313 e. The molecule has 0 aromatic heterocycles. The molecule has 1 aromatic rings. The molecule has 0 aliphatic carbocycles. The van der Waals surface area contributed by atoms with Gasteiger partial charge in [-0.2, -0.15) is 0 Å². The first-order valence-electron chi connectivity index (χ1n) is 11.1. The number of rotatable bonds is 16. The summed E-state index contributed by atoms with van der Waals surface area (Å²) < 4.78 is 0. The highest BCUT2D eigenvalue weighted by molar-refractivity contribution is 5.93. The smallest absolute Gasteiger partial charge is 0.226 e. The number of hydrogen-bond donors (Lipinski definition) is 0. The summed E-state index contributed by atoms with van der Waals surface area (Å²) in [6.45, 7) is 5.08. The Bertz CT molecular complexity index is 443. The first kappa shape index (κ1) is 22.7. The fraction of sp³-hybridized carbons (Fsp3) is 0.708. The predicted molar refractivity (Wildman–Crippen MR) is 115 cm³/mol. The van der Waals surface area contributed by atoms with Crippen LogP contribution in [0.5, 0.6) is 0 Å². The van der Waals surface area contributed by atoms with E-state index in [0.29, 0.717) is 6.42 Å². The summed E-state index contributed by atoms with van der Waals surface area (Å²) in [6.07, 6.45) is 18.1. The number of carbonyl (C=O) groups is 1. The lowest BCUT2D eigenvalue weighted by Crippen LogP contribution is -2.30. The van der Waals surface area contributed by atoms with Gasteiger partial charge in [0.05, 0.1) is 0 Å². The topological polar surface area (TPSA) is 20.3 Å². The molecule has 0 fully saturated rings. The van der Waals surface area contributed by atoms with E-state index in [1.165, 1.54) is 77.0 Å². The van der Waals surface area contributed by atoms with Crippen LogP contribution in [0.2, 0.25) is 0 Å². The van der Waals surface area contributed by atoms with E-state index >= 15 is 0 Å². The van der Waals surface area contributed by atoms with Crippen LogP contribution in [0.4, 0.5) is 5.69 Å². The number of unbranched alkanes of at least 4 members (excludes halogenated alkanes) is 12. The zero-order chi connectivity index (χ0) is 18.9. The van der Waals surface area contributed by atoms with E-state index in [1.54, 1.807) is 0 Å². The predicted octanol–water partition coefficient (Wildman–Crippen LogP) is 7.52. The molecule has 0 saturated carbocycles. The highest BCUT2D eigenvalue weighted by Gasteiger charge is 2.12. The first-order valence-corrected chi connectivity index (χ1v) is 11.1. The summed E-state index contributed by atoms with van der Waals surface area (Å²) in [5.74, 6) is 0.266. The van der Waals surface area contributed by atoms with Crippen molar-refractivity contribution in [2.24, 2.45) is 0 Å². The molecule has 1 aromatic carbocycles. The third-order valence-corrected chi connectivity index (χ3v) is 5.18. The maximum atomic E-state index is 12.4. The Morgan fingerprint density at radius 1 is 0.692 bits per heavy atom. The molecule has 148 valence electrons. The van der Waals surface area contributed by atoms with Crippen LogP contribution < -0.4 is 4.90 Å². The number of amides is 1. The molecule has 0 spiro atoms. The normalized spacial score (nSPS) is 10.8. The van der Waals surface area contributed by atoms with Crippen LogP contribution in [0, 0.1) is 0 Å². The summed E-state index contributed by atoms with van der Waals surface area (Å²) in [5, 5.41) is 0. The second-order valence-corrected chi connectivity index (χ2v) is 7.47. The van der Waals surface area contributed by atoms with Crippen molar-refractivity contribution in [3.05, 3.63) is 30.3 Å². The summed E-state index contributed by atoms with van der Waals surface area (Å²) in [7, 11) is 0. The number of para-hydroxylation sites is 1. The summed E-state index contributed by atoms with van der Waals surface area (Å²) >= 11 is 0. The van der Waals surface area contributed by atoms with Gasteiger partial charge < -0.3 is 4.90 Å². The molecule has 0 aliphatic rings. The summed E-state index contributed by atoms with van der Waals surface area (Å²) in [5.41, 5.74) is 1.02. The lowest BCUT2D eigenvalue weighted by Gasteiger charge is -2.21. The minimum Gasteiger partial charge on any atom is -0.313 e. The van der Waals surface area contributed by atoms with Gasteiger partial charge in [-0.1, -0.05) is 102 Å². The molecule has 0 heterocycles. The van der Waals surface area contributed by atoms with Crippen LogP contribution >= 0.6 is 0 Å². The Morgan fingerprint density at radius 3 is 1.62 bits per heavy atom. The first-order chi connectivity index (χ1) is 12.8. The fourth-order valence-electron chi connectivity index (χ4n) is 3.54. The highest BCUT2D eigenvalue weighted by atomic mass is 16.2. The molecule has 26 heavy (non-hydrogen) atoms. The molecule has 0 N–H and O–H groups in total. The Balaban J connectivity index is 1.96. The van der Waals surface area contributed by atoms with Gasteiger partial charge in [-0.25, -0.2) is 0 Å². The standard InChI is InChI=1S/C24H41NO/c1-3-5-6-7-8-9-10-11-12-13-14-15-19-22-24(26)25(4-2)23-20-17-16-18-21-23/h16-18,20-21H,3-15,19,22H2,1-2H3. The van der Waals surface area contributed by atoms with Crippen LogP contribution in [0.1, 0.15) is 104 Å². The van der Waals surface area contributed by atoms with Gasteiger partial charge in [-0.05, 0) is 25.5 Å². The third-order valence-electron chi connectivity index (χ3n) is 5.18. The van der Waals surface area contributed by atoms with Crippen molar-refractivity contribution in [3.8, 4) is 0 Å². The van der Waals surface area contributed by atoms with E-state index in [0.717, 1.165) is 18.7 Å². The van der Waals surface area contributed by atoms with Gasteiger partial charge in [0.25, 0.3) is 0 Å². The Morgan fingerprint density at radius 2 is 1.15 bits per heavy atom. The molecule has 2 heteroatoms. The minimum atomic E-state index is 0.266. The molecule has 0 saturated heterocycles. The van der Waals surface area contributed by atoms with E-state index in [9.17, 15) is 4.79 Å². The van der Waals surface area contributed by atoms with Gasteiger partial charge in [-0.3, -0.25) is 4.79 Å². The summed E-state index contributed by atoms with van der Waals surface area (Å²) in [6, 6.07) is 10.0. The van der Waals surface area contributed by atoms with Gasteiger partial charge in [0.15, 0.2) is 0 Å². The maximum Gasteiger partial charge on any atom is 0.226 e. The molecule has 0 aliphatic heterocycles. The second kappa shape index (κ2) is 15.9. The van der Waals surface area contributed by atoms with Crippen molar-refractivity contribution >= 4 is 11.6 Å². The van der Waals surface area contributed by atoms with E-state index in [1.807, 2.05) is 35.2 Å². The van der Waals surface area contributed by atoms with Gasteiger partial charge in [0.2, 0.25) is 5.91 Å². The number of carbonyl (C=O) groups excluding carboxylic acids is 1. The third kappa shape index (κ3) is 10.6. The van der Waals surface area contributed by atoms with Gasteiger partial charge >= 0.3 is 0 Å². The minimum absolute atomic E-state index is 0.266. The van der Waals surface area contributed by atoms with Crippen molar-refractivity contribution < 1.29 is 4.79 Å².